The van der Waals surface area contributed by atoms with Crippen molar-refractivity contribution in [3.8, 4) is 0 Å². The average molecular weight is 348 g/mol. The predicted molar refractivity (Wildman–Crippen MR) is 88.0 cm³/mol. The molecule has 0 unspecified atom stereocenters. The van der Waals surface area contributed by atoms with Crippen LogP contribution in [0.1, 0.15) is 20.7 Å². The molecule has 2 amide bonds. The van der Waals surface area contributed by atoms with Gasteiger partial charge >= 0.3 is 5.97 Å². The molecule has 2 rings (SSSR count). The maximum atomic E-state index is 11.9. The average Bonchev–Trinajstić information content (AvgIpc) is 2.61. The summed E-state index contributed by atoms with van der Waals surface area (Å²) < 4.78 is 4.61. The number of hydrogen-bond donors (Lipinski definition) is 2. The van der Waals surface area contributed by atoms with E-state index in [1.54, 1.807) is 18.3 Å². The molecule has 8 heteroatoms. The maximum Gasteiger partial charge on any atom is 0.337 e. The van der Waals surface area contributed by atoms with E-state index in [4.69, 9.17) is 11.6 Å². The molecule has 2 N–H and O–H groups in total. The summed E-state index contributed by atoms with van der Waals surface area (Å²) in [5.41, 5.74) is 0.841. The maximum absolute atomic E-state index is 11.9. The van der Waals surface area contributed by atoms with Crippen LogP contribution in [0.3, 0.4) is 0 Å². The van der Waals surface area contributed by atoms with Crippen molar-refractivity contribution < 1.29 is 19.1 Å². The van der Waals surface area contributed by atoms with Gasteiger partial charge in [-0.15, -0.1) is 0 Å². The Hall–Kier alpha value is -2.93. The molecule has 1 heterocycles. The Balaban J connectivity index is 1.97. The van der Waals surface area contributed by atoms with Gasteiger partial charge < -0.3 is 15.4 Å². The number of nitrogens with one attached hydrogen (secondary N) is 2. The molecule has 0 saturated carbocycles. The molecule has 0 bridgehead atoms. The third kappa shape index (κ3) is 4.53. The second kappa shape index (κ2) is 8.07. The molecular weight excluding hydrogens is 334 g/mol. The molecule has 0 spiro atoms. The van der Waals surface area contributed by atoms with Crippen molar-refractivity contribution in [1.82, 2.24) is 10.3 Å². The number of hydrogen-bond acceptors (Lipinski definition) is 5. The van der Waals surface area contributed by atoms with Crippen molar-refractivity contribution in [2.45, 2.75) is 0 Å². The van der Waals surface area contributed by atoms with Crippen LogP contribution in [0.4, 0.5) is 5.69 Å². The smallest absolute Gasteiger partial charge is 0.337 e. The van der Waals surface area contributed by atoms with Gasteiger partial charge in [-0.05, 0) is 30.3 Å². The number of nitrogens with zero attached hydrogens (tertiary/aromatic N) is 1. The van der Waals surface area contributed by atoms with E-state index >= 15 is 0 Å². The minimum atomic E-state index is -0.549. The number of benzene rings is 1. The van der Waals surface area contributed by atoms with Crippen LogP contribution >= 0.6 is 11.6 Å². The van der Waals surface area contributed by atoms with Gasteiger partial charge in [-0.3, -0.25) is 14.6 Å². The first-order valence-electron chi connectivity index (χ1n) is 6.87. The van der Waals surface area contributed by atoms with Crippen LogP contribution < -0.4 is 10.6 Å². The summed E-state index contributed by atoms with van der Waals surface area (Å²) in [5, 5.41) is 5.25. The largest absolute Gasteiger partial charge is 0.465 e. The third-order valence-corrected chi connectivity index (χ3v) is 3.32. The fourth-order valence-electron chi connectivity index (χ4n) is 1.82. The van der Waals surface area contributed by atoms with E-state index in [0.29, 0.717) is 5.56 Å². The summed E-state index contributed by atoms with van der Waals surface area (Å²) in [6, 6.07) is 7.55. The number of ether oxygens (including phenoxy) is 1. The fraction of sp³-hybridized carbons (Fsp3) is 0.125. The Labute approximate surface area is 143 Å². The summed E-state index contributed by atoms with van der Waals surface area (Å²) in [7, 11) is 1.25. The Morgan fingerprint density at radius 1 is 1.21 bits per heavy atom. The van der Waals surface area contributed by atoms with Gasteiger partial charge in [0.2, 0.25) is 5.91 Å². The number of carbonyl (C=O) groups is 3. The van der Waals surface area contributed by atoms with Gasteiger partial charge in [-0.25, -0.2) is 4.79 Å². The van der Waals surface area contributed by atoms with E-state index in [1.165, 1.54) is 31.5 Å². The minimum Gasteiger partial charge on any atom is -0.465 e. The first-order chi connectivity index (χ1) is 11.5. The van der Waals surface area contributed by atoms with Crippen LogP contribution in [0.5, 0.6) is 0 Å². The van der Waals surface area contributed by atoms with E-state index < -0.39 is 17.8 Å². The van der Waals surface area contributed by atoms with Crippen LogP contribution in [-0.2, 0) is 9.53 Å². The van der Waals surface area contributed by atoms with Crippen molar-refractivity contribution >= 4 is 35.1 Å². The Kier molecular flexibility index (Phi) is 5.86. The lowest BCUT2D eigenvalue weighted by atomic mass is 10.2. The number of amides is 2. The Bertz CT molecular complexity index is 765. The minimum absolute atomic E-state index is 0.247. The second-order valence-electron chi connectivity index (χ2n) is 4.66. The molecule has 0 aliphatic heterocycles. The zero-order valence-electron chi connectivity index (χ0n) is 12.7. The second-order valence-corrected chi connectivity index (χ2v) is 5.07. The molecule has 2 aromatic rings. The van der Waals surface area contributed by atoms with Crippen molar-refractivity contribution in [2.24, 2.45) is 0 Å². The quantitative estimate of drug-likeness (QED) is 0.805. The number of methoxy groups -OCH3 is 1. The molecular formula is C16H14ClN3O4. The number of pyridine rings is 1. The summed E-state index contributed by atoms with van der Waals surface area (Å²) in [6.07, 6.45) is 2.93. The van der Waals surface area contributed by atoms with Gasteiger partial charge in [-0.2, -0.15) is 0 Å². The van der Waals surface area contributed by atoms with Crippen molar-refractivity contribution in [3.05, 3.63) is 58.9 Å². The van der Waals surface area contributed by atoms with Crippen molar-refractivity contribution in [1.29, 1.82) is 0 Å². The monoisotopic (exact) mass is 347 g/mol. The third-order valence-electron chi connectivity index (χ3n) is 2.99. The first kappa shape index (κ1) is 17.4. The molecule has 24 heavy (non-hydrogen) atoms. The highest BCUT2D eigenvalue weighted by molar-refractivity contribution is 6.33. The molecule has 1 aromatic carbocycles. The zero-order chi connectivity index (χ0) is 17.5. The number of esters is 1. The van der Waals surface area contributed by atoms with Gasteiger partial charge in [0.15, 0.2) is 0 Å². The topological polar surface area (TPSA) is 97.4 Å². The zero-order valence-corrected chi connectivity index (χ0v) is 13.5. The number of rotatable bonds is 5. The molecule has 1 aromatic heterocycles. The lowest BCUT2D eigenvalue weighted by Gasteiger charge is -2.09. The normalized spacial score (nSPS) is 9.92. The molecule has 7 nitrogen and oxygen atoms in total. The number of carbonyl (C=O) groups excluding carboxylic acids is 3. The van der Waals surface area contributed by atoms with Crippen LogP contribution in [0.15, 0.2) is 42.7 Å². The molecule has 0 saturated heterocycles. The molecule has 0 radical (unpaired) electrons. The van der Waals surface area contributed by atoms with Crippen LogP contribution in [0.2, 0.25) is 5.02 Å². The van der Waals surface area contributed by atoms with E-state index in [0.717, 1.165) is 0 Å². The SMILES string of the molecule is COC(=O)c1ccc(Cl)c(NC(=O)CNC(=O)c2cccnc2)c1. The first-order valence-corrected chi connectivity index (χ1v) is 7.25. The molecule has 0 aliphatic rings. The molecule has 0 aliphatic carbocycles. The highest BCUT2D eigenvalue weighted by Crippen LogP contribution is 2.23. The van der Waals surface area contributed by atoms with Gasteiger partial charge in [0.05, 0.1) is 35.5 Å². The van der Waals surface area contributed by atoms with E-state index in [9.17, 15) is 14.4 Å². The fourth-order valence-corrected chi connectivity index (χ4v) is 1.98. The summed E-state index contributed by atoms with van der Waals surface area (Å²) in [6.45, 7) is -0.257. The van der Waals surface area contributed by atoms with Crippen molar-refractivity contribution in [3.63, 3.8) is 0 Å². The van der Waals surface area contributed by atoms with E-state index in [1.807, 2.05) is 0 Å². The van der Waals surface area contributed by atoms with Crippen LogP contribution in [0, 0.1) is 0 Å². The summed E-state index contributed by atoms with van der Waals surface area (Å²) in [4.78, 5) is 39.1. The highest BCUT2D eigenvalue weighted by atomic mass is 35.5. The number of anilines is 1. The predicted octanol–water partition coefficient (Wildman–Crippen LogP) is 1.89. The Morgan fingerprint density at radius 2 is 2.00 bits per heavy atom. The lowest BCUT2D eigenvalue weighted by molar-refractivity contribution is -0.115. The van der Waals surface area contributed by atoms with Gasteiger partial charge in [-0.1, -0.05) is 11.6 Å². The summed E-state index contributed by atoms with van der Waals surface area (Å²) >= 11 is 5.98. The lowest BCUT2D eigenvalue weighted by Crippen LogP contribution is -2.33. The van der Waals surface area contributed by atoms with E-state index in [2.05, 4.69) is 20.4 Å². The highest BCUT2D eigenvalue weighted by Gasteiger charge is 2.12. The number of aromatic nitrogens is 1. The molecule has 124 valence electrons. The van der Waals surface area contributed by atoms with Crippen LogP contribution in [0.25, 0.3) is 0 Å². The van der Waals surface area contributed by atoms with Gasteiger partial charge in [0.25, 0.3) is 5.91 Å². The molecule has 0 atom stereocenters. The van der Waals surface area contributed by atoms with Gasteiger partial charge in [0, 0.05) is 12.4 Å². The molecule has 0 fully saturated rings. The standard InChI is InChI=1S/C16H14ClN3O4/c1-24-16(23)10-4-5-12(17)13(7-10)20-14(21)9-19-15(22)11-3-2-6-18-8-11/h2-8H,9H2,1H3,(H,19,22)(H,20,21). The van der Waals surface area contributed by atoms with Crippen molar-refractivity contribution in [2.75, 3.05) is 19.0 Å². The van der Waals surface area contributed by atoms with Gasteiger partial charge in [0.1, 0.15) is 0 Å². The number of halogens is 1. The summed E-state index contributed by atoms with van der Waals surface area (Å²) in [5.74, 6) is -1.46. The van der Waals surface area contributed by atoms with Crippen LogP contribution in [-0.4, -0.2) is 36.4 Å². The van der Waals surface area contributed by atoms with E-state index in [-0.39, 0.29) is 22.8 Å². The Morgan fingerprint density at radius 3 is 2.67 bits per heavy atom.